The molecule has 74 valence electrons. The lowest BCUT2D eigenvalue weighted by Gasteiger charge is -2.30. The van der Waals surface area contributed by atoms with Gasteiger partial charge in [0, 0.05) is 6.42 Å². The standard InChI is InChI=1S/C10H15Br2N/c1-9(2,3)7-4-8(11)6-10(12,13)5-7/h4-5H,6,13H2,1-3H3. The van der Waals surface area contributed by atoms with Crippen molar-refractivity contribution in [2.24, 2.45) is 11.1 Å². The van der Waals surface area contributed by atoms with Crippen molar-refractivity contribution in [3.05, 3.63) is 22.2 Å². The molecule has 0 saturated heterocycles. The number of hydrogen-bond donors (Lipinski definition) is 1. The Morgan fingerprint density at radius 2 is 2.00 bits per heavy atom. The Morgan fingerprint density at radius 1 is 1.46 bits per heavy atom. The molecule has 0 heterocycles. The molecule has 1 atom stereocenters. The van der Waals surface area contributed by atoms with Crippen molar-refractivity contribution < 1.29 is 0 Å². The second kappa shape index (κ2) is 3.52. The molecule has 0 amide bonds. The third-order valence-electron chi connectivity index (χ3n) is 2.01. The fourth-order valence-corrected chi connectivity index (χ4v) is 2.90. The maximum absolute atomic E-state index is 6.02. The van der Waals surface area contributed by atoms with E-state index in [0.29, 0.717) is 0 Å². The lowest BCUT2D eigenvalue weighted by atomic mass is 9.83. The Kier molecular flexibility index (Phi) is 3.11. The number of alkyl halides is 1. The molecule has 3 heteroatoms. The van der Waals surface area contributed by atoms with Crippen LogP contribution in [0.5, 0.6) is 0 Å². The highest BCUT2D eigenvalue weighted by atomic mass is 79.9. The SMILES string of the molecule is CC(C)(C)C1=CC(N)(Br)CC(Br)=C1. The van der Waals surface area contributed by atoms with Crippen LogP contribution in [0.2, 0.25) is 0 Å². The zero-order valence-electron chi connectivity index (χ0n) is 8.20. The van der Waals surface area contributed by atoms with Gasteiger partial charge >= 0.3 is 0 Å². The first-order valence-corrected chi connectivity index (χ1v) is 5.86. The zero-order valence-corrected chi connectivity index (χ0v) is 11.4. The molecule has 0 spiro atoms. The van der Waals surface area contributed by atoms with Gasteiger partial charge in [-0.05, 0) is 27.6 Å². The Labute approximate surface area is 96.7 Å². The van der Waals surface area contributed by atoms with E-state index in [4.69, 9.17) is 5.73 Å². The lowest BCUT2D eigenvalue weighted by Crippen LogP contribution is -2.33. The molecule has 0 bridgehead atoms. The molecule has 0 aliphatic heterocycles. The third-order valence-corrected chi connectivity index (χ3v) is 3.03. The second-order valence-corrected chi connectivity index (χ2v) is 7.04. The molecule has 0 aromatic rings. The molecular weight excluding hydrogens is 294 g/mol. The van der Waals surface area contributed by atoms with Gasteiger partial charge < -0.3 is 5.73 Å². The lowest BCUT2D eigenvalue weighted by molar-refractivity contribution is 0.506. The summed E-state index contributed by atoms with van der Waals surface area (Å²) >= 11 is 7.00. The molecule has 1 aliphatic carbocycles. The molecule has 0 aromatic carbocycles. The van der Waals surface area contributed by atoms with Crippen molar-refractivity contribution in [2.45, 2.75) is 31.6 Å². The van der Waals surface area contributed by atoms with E-state index in [1.807, 2.05) is 0 Å². The van der Waals surface area contributed by atoms with Crippen LogP contribution in [0.4, 0.5) is 0 Å². The van der Waals surface area contributed by atoms with E-state index in [1.54, 1.807) is 0 Å². The molecule has 1 aliphatic rings. The van der Waals surface area contributed by atoms with E-state index in [1.165, 1.54) is 5.57 Å². The average Bonchev–Trinajstić information content (AvgIpc) is 1.79. The summed E-state index contributed by atoms with van der Waals surface area (Å²) in [5, 5.41) is 0. The van der Waals surface area contributed by atoms with Gasteiger partial charge in [-0.15, -0.1) is 0 Å². The van der Waals surface area contributed by atoms with Crippen molar-refractivity contribution in [3.8, 4) is 0 Å². The first-order chi connectivity index (χ1) is 5.71. The molecule has 1 rings (SSSR count). The Morgan fingerprint density at radius 3 is 2.38 bits per heavy atom. The van der Waals surface area contributed by atoms with Crippen LogP contribution in [-0.2, 0) is 0 Å². The van der Waals surface area contributed by atoms with Crippen LogP contribution in [0.3, 0.4) is 0 Å². The Balaban J connectivity index is 3.04. The molecule has 0 saturated carbocycles. The molecule has 0 aromatic heterocycles. The van der Waals surface area contributed by atoms with Crippen LogP contribution in [0.25, 0.3) is 0 Å². The topological polar surface area (TPSA) is 26.0 Å². The second-order valence-electron chi connectivity index (χ2n) is 4.54. The van der Waals surface area contributed by atoms with Gasteiger partial charge in [-0.3, -0.25) is 0 Å². The van der Waals surface area contributed by atoms with Gasteiger partial charge in [0.15, 0.2) is 0 Å². The fraction of sp³-hybridized carbons (Fsp3) is 0.600. The molecular formula is C10H15Br2N. The minimum atomic E-state index is -0.386. The van der Waals surface area contributed by atoms with E-state index in [9.17, 15) is 0 Å². The maximum atomic E-state index is 6.02. The van der Waals surface area contributed by atoms with Crippen molar-refractivity contribution in [1.29, 1.82) is 0 Å². The highest BCUT2D eigenvalue weighted by molar-refractivity contribution is 9.12. The normalized spacial score (nSPS) is 29.7. The Bertz CT molecular complexity index is 269. The summed E-state index contributed by atoms with van der Waals surface area (Å²) in [6.07, 6.45) is 5.07. The van der Waals surface area contributed by atoms with Crippen LogP contribution in [0, 0.1) is 5.41 Å². The van der Waals surface area contributed by atoms with Gasteiger partial charge in [0.05, 0.1) is 4.45 Å². The van der Waals surface area contributed by atoms with Crippen LogP contribution in [0.15, 0.2) is 22.2 Å². The monoisotopic (exact) mass is 307 g/mol. The minimum Gasteiger partial charge on any atom is -0.313 e. The van der Waals surface area contributed by atoms with Crippen LogP contribution >= 0.6 is 31.9 Å². The van der Waals surface area contributed by atoms with Gasteiger partial charge in [0.2, 0.25) is 0 Å². The number of nitrogens with two attached hydrogens (primary N) is 1. The van der Waals surface area contributed by atoms with Crippen LogP contribution in [-0.4, -0.2) is 4.45 Å². The average molecular weight is 309 g/mol. The highest BCUT2D eigenvalue weighted by Gasteiger charge is 2.27. The van der Waals surface area contributed by atoms with Crippen LogP contribution < -0.4 is 5.73 Å². The number of rotatable bonds is 0. The largest absolute Gasteiger partial charge is 0.313 e. The smallest absolute Gasteiger partial charge is 0.0954 e. The van der Waals surface area contributed by atoms with Crippen LogP contribution in [0.1, 0.15) is 27.2 Å². The van der Waals surface area contributed by atoms with Gasteiger partial charge in [0.25, 0.3) is 0 Å². The van der Waals surface area contributed by atoms with Gasteiger partial charge in [-0.2, -0.15) is 0 Å². The van der Waals surface area contributed by atoms with Gasteiger partial charge in [-0.1, -0.05) is 52.6 Å². The van der Waals surface area contributed by atoms with Crippen molar-refractivity contribution in [3.63, 3.8) is 0 Å². The van der Waals surface area contributed by atoms with E-state index in [0.717, 1.165) is 10.9 Å². The molecule has 1 unspecified atom stereocenters. The Hall–Kier alpha value is 0.400. The minimum absolute atomic E-state index is 0.151. The third kappa shape index (κ3) is 3.22. The van der Waals surface area contributed by atoms with Gasteiger partial charge in [0.1, 0.15) is 0 Å². The maximum Gasteiger partial charge on any atom is 0.0954 e. The first kappa shape index (κ1) is 11.5. The molecule has 0 radical (unpaired) electrons. The molecule has 0 fully saturated rings. The van der Waals surface area contributed by atoms with Crippen molar-refractivity contribution in [1.82, 2.24) is 0 Å². The quantitative estimate of drug-likeness (QED) is 0.536. The predicted molar refractivity (Wildman–Crippen MR) is 65.0 cm³/mol. The number of hydrogen-bond acceptors (Lipinski definition) is 1. The summed E-state index contributed by atoms with van der Waals surface area (Å²) in [4.78, 5) is 0. The van der Waals surface area contributed by atoms with E-state index in [-0.39, 0.29) is 9.86 Å². The fourth-order valence-electron chi connectivity index (χ4n) is 1.26. The summed E-state index contributed by atoms with van der Waals surface area (Å²) in [5.41, 5.74) is 7.44. The summed E-state index contributed by atoms with van der Waals surface area (Å²) < 4.78 is 0.766. The highest BCUT2D eigenvalue weighted by Crippen LogP contribution is 2.38. The summed E-state index contributed by atoms with van der Waals surface area (Å²) in [7, 11) is 0. The molecule has 1 nitrogen and oxygen atoms in total. The number of allylic oxidation sites excluding steroid dienone is 2. The van der Waals surface area contributed by atoms with Crippen molar-refractivity contribution >= 4 is 31.9 Å². The van der Waals surface area contributed by atoms with Gasteiger partial charge in [-0.25, -0.2) is 0 Å². The predicted octanol–water partition coefficient (Wildman–Crippen LogP) is 3.69. The summed E-state index contributed by atoms with van der Waals surface area (Å²) in [5.74, 6) is 0. The zero-order chi connectivity index (χ0) is 10.3. The summed E-state index contributed by atoms with van der Waals surface area (Å²) in [6.45, 7) is 6.55. The van der Waals surface area contributed by atoms with E-state index in [2.05, 4.69) is 64.8 Å². The van der Waals surface area contributed by atoms with E-state index >= 15 is 0 Å². The first-order valence-electron chi connectivity index (χ1n) is 4.28. The molecule has 2 N–H and O–H groups in total. The summed E-state index contributed by atoms with van der Waals surface area (Å²) in [6, 6.07) is 0. The molecule has 13 heavy (non-hydrogen) atoms. The van der Waals surface area contributed by atoms with E-state index < -0.39 is 0 Å². The number of halogens is 2. The van der Waals surface area contributed by atoms with Crippen molar-refractivity contribution in [2.75, 3.05) is 0 Å².